The van der Waals surface area contributed by atoms with E-state index < -0.39 is 12.0 Å². The zero-order valence-electron chi connectivity index (χ0n) is 12.3. The van der Waals surface area contributed by atoms with Crippen LogP contribution in [0.25, 0.3) is 0 Å². The summed E-state index contributed by atoms with van der Waals surface area (Å²) in [4.78, 5) is 26.9. The lowest BCUT2D eigenvalue weighted by Crippen LogP contribution is -2.55. The van der Waals surface area contributed by atoms with Crippen LogP contribution >= 0.6 is 0 Å². The fourth-order valence-corrected chi connectivity index (χ4v) is 2.65. The molecule has 114 valence electrons. The van der Waals surface area contributed by atoms with E-state index in [1.165, 1.54) is 0 Å². The number of aliphatic carboxylic acids is 1. The molecule has 1 fully saturated rings. The van der Waals surface area contributed by atoms with Gasteiger partial charge in [-0.05, 0) is 18.6 Å². The number of hydrogen-bond donors (Lipinski definition) is 1. The second kappa shape index (κ2) is 6.58. The first-order valence-electron chi connectivity index (χ1n) is 6.98. The molecule has 0 aromatic heterocycles. The molecule has 21 heavy (non-hydrogen) atoms. The molecule has 1 aliphatic rings. The zero-order valence-corrected chi connectivity index (χ0v) is 12.3. The molecule has 1 saturated heterocycles. The van der Waals surface area contributed by atoms with E-state index in [4.69, 9.17) is 4.74 Å². The topological polar surface area (TPSA) is 70.1 Å². The van der Waals surface area contributed by atoms with E-state index >= 15 is 0 Å². The number of rotatable bonds is 5. The lowest BCUT2D eigenvalue weighted by molar-refractivity contribution is -0.144. The number of nitrogens with zero attached hydrogens (tertiary/aromatic N) is 2. The third-order valence-electron chi connectivity index (χ3n) is 3.74. The standard InChI is InChI=1S/C15H20N2O4/c1-3-11(15(19)20)16-8-9-17(14(18)10-16)12-6-4-5-7-13(12)21-2/h4-7,11H,3,8-10H2,1-2H3,(H,19,20). The third kappa shape index (κ3) is 3.16. The summed E-state index contributed by atoms with van der Waals surface area (Å²) in [5.74, 6) is -0.342. The maximum Gasteiger partial charge on any atom is 0.320 e. The number of carbonyl (C=O) groups excluding carboxylic acids is 1. The lowest BCUT2D eigenvalue weighted by Gasteiger charge is -2.37. The Morgan fingerprint density at radius 3 is 2.67 bits per heavy atom. The van der Waals surface area contributed by atoms with Crippen molar-refractivity contribution in [1.29, 1.82) is 0 Å². The Morgan fingerprint density at radius 1 is 1.38 bits per heavy atom. The Labute approximate surface area is 123 Å². The van der Waals surface area contributed by atoms with E-state index in [-0.39, 0.29) is 12.5 Å². The summed E-state index contributed by atoms with van der Waals surface area (Å²) in [6, 6.07) is 6.74. The first kappa shape index (κ1) is 15.3. The second-order valence-electron chi connectivity index (χ2n) is 4.95. The van der Waals surface area contributed by atoms with Gasteiger partial charge in [-0.2, -0.15) is 0 Å². The number of anilines is 1. The maximum atomic E-state index is 12.4. The summed E-state index contributed by atoms with van der Waals surface area (Å²) >= 11 is 0. The highest BCUT2D eigenvalue weighted by Gasteiger charge is 2.32. The molecule has 1 amide bonds. The summed E-state index contributed by atoms with van der Waals surface area (Å²) in [6.07, 6.45) is 0.483. The second-order valence-corrected chi connectivity index (χ2v) is 4.95. The summed E-state index contributed by atoms with van der Waals surface area (Å²) in [7, 11) is 1.57. The molecule has 0 radical (unpaired) electrons. The van der Waals surface area contributed by atoms with Crippen molar-refractivity contribution in [3.63, 3.8) is 0 Å². The van der Waals surface area contributed by atoms with Gasteiger partial charge < -0.3 is 14.7 Å². The maximum absolute atomic E-state index is 12.4. The highest BCUT2D eigenvalue weighted by Crippen LogP contribution is 2.29. The number of benzene rings is 1. The molecule has 1 aliphatic heterocycles. The molecule has 1 aromatic rings. The van der Waals surface area contributed by atoms with E-state index in [9.17, 15) is 14.7 Å². The molecule has 0 bridgehead atoms. The summed E-state index contributed by atoms with van der Waals surface area (Å²) in [5.41, 5.74) is 0.730. The molecule has 1 unspecified atom stereocenters. The summed E-state index contributed by atoms with van der Waals surface area (Å²) < 4.78 is 5.28. The van der Waals surface area contributed by atoms with Crippen molar-refractivity contribution in [2.45, 2.75) is 19.4 Å². The van der Waals surface area contributed by atoms with Gasteiger partial charge in [0.15, 0.2) is 0 Å². The van der Waals surface area contributed by atoms with Crippen LogP contribution in [-0.2, 0) is 9.59 Å². The molecule has 1 N–H and O–H groups in total. The Hall–Kier alpha value is -2.08. The molecule has 1 heterocycles. The average molecular weight is 292 g/mol. The van der Waals surface area contributed by atoms with Crippen LogP contribution in [0.2, 0.25) is 0 Å². The third-order valence-corrected chi connectivity index (χ3v) is 3.74. The van der Waals surface area contributed by atoms with Crippen molar-refractivity contribution in [3.05, 3.63) is 24.3 Å². The fourth-order valence-electron chi connectivity index (χ4n) is 2.65. The monoisotopic (exact) mass is 292 g/mol. The van der Waals surface area contributed by atoms with E-state index in [0.717, 1.165) is 5.69 Å². The van der Waals surface area contributed by atoms with Gasteiger partial charge in [0, 0.05) is 13.1 Å². The number of piperazine rings is 1. The molecule has 6 heteroatoms. The Morgan fingerprint density at radius 2 is 2.10 bits per heavy atom. The highest BCUT2D eigenvalue weighted by molar-refractivity contribution is 5.97. The minimum Gasteiger partial charge on any atom is -0.495 e. The molecular formula is C15H20N2O4. The van der Waals surface area contributed by atoms with E-state index in [1.807, 2.05) is 25.1 Å². The Bertz CT molecular complexity index is 532. The van der Waals surface area contributed by atoms with Crippen LogP contribution < -0.4 is 9.64 Å². The predicted molar refractivity (Wildman–Crippen MR) is 78.6 cm³/mol. The SMILES string of the molecule is CCC(C(=O)O)N1CCN(c2ccccc2OC)C(=O)C1. The lowest BCUT2D eigenvalue weighted by atomic mass is 10.1. The van der Waals surface area contributed by atoms with Crippen molar-refractivity contribution >= 4 is 17.6 Å². The van der Waals surface area contributed by atoms with Gasteiger partial charge in [-0.15, -0.1) is 0 Å². The van der Waals surface area contributed by atoms with Gasteiger partial charge >= 0.3 is 5.97 Å². The number of carboxylic acid groups (broad SMARTS) is 1. The number of methoxy groups -OCH3 is 1. The number of carboxylic acids is 1. The zero-order chi connectivity index (χ0) is 15.4. The van der Waals surface area contributed by atoms with E-state index in [0.29, 0.717) is 25.3 Å². The van der Waals surface area contributed by atoms with Crippen LogP contribution in [0.3, 0.4) is 0 Å². The summed E-state index contributed by atoms with van der Waals surface area (Å²) in [5, 5.41) is 9.19. The van der Waals surface area contributed by atoms with Crippen molar-refractivity contribution in [1.82, 2.24) is 4.90 Å². The quantitative estimate of drug-likeness (QED) is 0.883. The molecule has 2 rings (SSSR count). The molecule has 6 nitrogen and oxygen atoms in total. The largest absolute Gasteiger partial charge is 0.495 e. The van der Waals surface area contributed by atoms with Crippen LogP contribution in [0.5, 0.6) is 5.75 Å². The van der Waals surface area contributed by atoms with Crippen LogP contribution in [0.4, 0.5) is 5.69 Å². The molecule has 1 atom stereocenters. The van der Waals surface area contributed by atoms with Crippen LogP contribution in [0.15, 0.2) is 24.3 Å². The number of carbonyl (C=O) groups is 2. The highest BCUT2D eigenvalue weighted by atomic mass is 16.5. The Kier molecular flexibility index (Phi) is 4.80. The molecule has 0 spiro atoms. The van der Waals surface area contributed by atoms with Crippen LogP contribution in [-0.4, -0.2) is 54.7 Å². The van der Waals surface area contributed by atoms with Crippen molar-refractivity contribution in [3.8, 4) is 5.75 Å². The van der Waals surface area contributed by atoms with Crippen molar-refractivity contribution in [2.24, 2.45) is 0 Å². The van der Waals surface area contributed by atoms with Gasteiger partial charge in [-0.25, -0.2) is 0 Å². The fraction of sp³-hybridized carbons (Fsp3) is 0.467. The van der Waals surface area contributed by atoms with Gasteiger partial charge in [0.1, 0.15) is 11.8 Å². The summed E-state index contributed by atoms with van der Waals surface area (Å²) in [6.45, 7) is 2.93. The Balaban J connectivity index is 2.14. The van der Waals surface area contributed by atoms with E-state index in [1.54, 1.807) is 23.0 Å². The number of amides is 1. The van der Waals surface area contributed by atoms with Gasteiger partial charge in [-0.3, -0.25) is 14.5 Å². The van der Waals surface area contributed by atoms with E-state index in [2.05, 4.69) is 0 Å². The van der Waals surface area contributed by atoms with Crippen LogP contribution in [0, 0.1) is 0 Å². The van der Waals surface area contributed by atoms with Gasteiger partial charge in [0.05, 0.1) is 19.3 Å². The van der Waals surface area contributed by atoms with Gasteiger partial charge in [-0.1, -0.05) is 19.1 Å². The van der Waals surface area contributed by atoms with Crippen molar-refractivity contribution < 1.29 is 19.4 Å². The van der Waals surface area contributed by atoms with Gasteiger partial charge in [0.2, 0.25) is 5.91 Å². The van der Waals surface area contributed by atoms with Gasteiger partial charge in [0.25, 0.3) is 0 Å². The first-order valence-corrected chi connectivity index (χ1v) is 6.98. The predicted octanol–water partition coefficient (Wildman–Crippen LogP) is 1.21. The first-order chi connectivity index (χ1) is 10.1. The molecule has 0 aliphatic carbocycles. The number of hydrogen-bond acceptors (Lipinski definition) is 4. The molecule has 0 saturated carbocycles. The number of para-hydroxylation sites is 2. The van der Waals surface area contributed by atoms with Crippen LogP contribution in [0.1, 0.15) is 13.3 Å². The van der Waals surface area contributed by atoms with Crippen molar-refractivity contribution in [2.75, 3.05) is 31.6 Å². The molecule has 1 aromatic carbocycles. The molecular weight excluding hydrogens is 272 g/mol. The minimum absolute atomic E-state index is 0.106. The normalized spacial score (nSPS) is 17.6. The smallest absolute Gasteiger partial charge is 0.320 e. The number of ether oxygens (including phenoxy) is 1. The average Bonchev–Trinajstić information content (AvgIpc) is 2.48. The minimum atomic E-state index is -0.879.